The van der Waals surface area contributed by atoms with Crippen LogP contribution in [0, 0.1) is 11.8 Å². The molecule has 2 heterocycles. The zero-order valence-corrected chi connectivity index (χ0v) is 17.2. The highest BCUT2D eigenvalue weighted by molar-refractivity contribution is 5.72. The average Bonchev–Trinajstić information content (AvgIpc) is 2.76. The molecule has 1 aromatic carbocycles. The first-order valence-electron chi connectivity index (χ1n) is 10.7. The second-order valence-electron chi connectivity index (χ2n) is 8.57. The van der Waals surface area contributed by atoms with Gasteiger partial charge in [-0.3, -0.25) is 4.79 Å². The zero-order chi connectivity index (χ0) is 22.2. The summed E-state index contributed by atoms with van der Waals surface area (Å²) in [5.74, 6) is -0.684. The quantitative estimate of drug-likeness (QED) is 0.633. The fourth-order valence-electron chi connectivity index (χ4n) is 4.81. The Bertz CT molecular complexity index is 883. The van der Waals surface area contributed by atoms with Gasteiger partial charge in [0.15, 0.2) is 0 Å². The van der Waals surface area contributed by atoms with Crippen LogP contribution in [-0.4, -0.2) is 35.8 Å². The van der Waals surface area contributed by atoms with Crippen LogP contribution in [0.4, 0.5) is 18.9 Å². The van der Waals surface area contributed by atoms with Gasteiger partial charge in [-0.05, 0) is 44.4 Å². The van der Waals surface area contributed by atoms with Crippen LogP contribution < -0.4 is 10.6 Å². The third kappa shape index (κ3) is 4.65. The first kappa shape index (κ1) is 21.9. The van der Waals surface area contributed by atoms with Crippen molar-refractivity contribution in [2.75, 3.05) is 11.9 Å². The summed E-state index contributed by atoms with van der Waals surface area (Å²) >= 11 is 0. The molecule has 2 aliphatic heterocycles. The number of carboxylic acids is 1. The van der Waals surface area contributed by atoms with Crippen molar-refractivity contribution in [1.82, 2.24) is 5.32 Å². The molecule has 8 heteroatoms. The molecule has 4 rings (SSSR count). The highest BCUT2D eigenvalue weighted by Crippen LogP contribution is 2.49. The second kappa shape index (κ2) is 8.67. The van der Waals surface area contributed by atoms with E-state index in [4.69, 9.17) is 9.84 Å². The molecule has 1 aromatic rings. The average molecular weight is 436 g/mol. The SMILES string of the molecule is CC(NC[C@H]1CC[C@@H]2[C@H](O1)c1cc(C(F)(F)F)ccc1N[C@H]2C1C=CC=CC1)C(=O)O. The van der Waals surface area contributed by atoms with Crippen molar-refractivity contribution < 1.29 is 27.8 Å². The Balaban J connectivity index is 1.61. The molecule has 5 nitrogen and oxygen atoms in total. The Morgan fingerprint density at radius 1 is 1.32 bits per heavy atom. The summed E-state index contributed by atoms with van der Waals surface area (Å²) in [6.07, 6.45) is 5.49. The number of halogens is 3. The minimum atomic E-state index is -4.43. The van der Waals surface area contributed by atoms with Crippen LogP contribution in [0.15, 0.2) is 42.5 Å². The molecule has 1 fully saturated rings. The summed E-state index contributed by atoms with van der Waals surface area (Å²) in [5.41, 5.74) is 0.520. The van der Waals surface area contributed by atoms with Gasteiger partial charge in [0.2, 0.25) is 0 Å². The number of alkyl halides is 3. The van der Waals surface area contributed by atoms with Crippen molar-refractivity contribution in [2.24, 2.45) is 11.8 Å². The first-order chi connectivity index (χ1) is 14.7. The van der Waals surface area contributed by atoms with Gasteiger partial charge in [-0.15, -0.1) is 0 Å². The van der Waals surface area contributed by atoms with Gasteiger partial charge in [0, 0.05) is 35.7 Å². The topological polar surface area (TPSA) is 70.6 Å². The van der Waals surface area contributed by atoms with Gasteiger partial charge in [0.25, 0.3) is 0 Å². The van der Waals surface area contributed by atoms with Crippen molar-refractivity contribution >= 4 is 11.7 Å². The molecule has 2 unspecified atom stereocenters. The van der Waals surface area contributed by atoms with E-state index in [1.165, 1.54) is 12.1 Å². The third-order valence-electron chi connectivity index (χ3n) is 6.52. The first-order valence-corrected chi connectivity index (χ1v) is 10.7. The molecular weight excluding hydrogens is 409 g/mol. The minimum Gasteiger partial charge on any atom is -0.480 e. The number of carboxylic acid groups (broad SMARTS) is 1. The molecule has 0 bridgehead atoms. The Morgan fingerprint density at radius 3 is 2.81 bits per heavy atom. The molecule has 3 aliphatic rings. The molecule has 3 N–H and O–H groups in total. The van der Waals surface area contributed by atoms with Crippen molar-refractivity contribution in [1.29, 1.82) is 0 Å². The Morgan fingerprint density at radius 2 is 2.13 bits per heavy atom. The monoisotopic (exact) mass is 436 g/mol. The smallest absolute Gasteiger partial charge is 0.416 e. The van der Waals surface area contributed by atoms with Crippen LogP contribution in [0.25, 0.3) is 0 Å². The number of anilines is 1. The second-order valence-corrected chi connectivity index (χ2v) is 8.57. The summed E-state index contributed by atoms with van der Waals surface area (Å²) in [5, 5.41) is 15.5. The Kier molecular flexibility index (Phi) is 6.12. The highest BCUT2D eigenvalue weighted by atomic mass is 19.4. The van der Waals surface area contributed by atoms with Gasteiger partial charge < -0.3 is 20.5 Å². The lowest BCUT2D eigenvalue weighted by molar-refractivity contribution is -0.139. The summed E-state index contributed by atoms with van der Waals surface area (Å²) in [6.45, 7) is 1.90. The number of rotatable bonds is 5. The van der Waals surface area contributed by atoms with Crippen molar-refractivity contribution in [2.45, 2.75) is 56.7 Å². The molecule has 0 aromatic heterocycles. The number of benzene rings is 1. The van der Waals surface area contributed by atoms with E-state index in [1.54, 1.807) is 6.92 Å². The predicted octanol–water partition coefficient (Wildman–Crippen LogP) is 4.53. The maximum atomic E-state index is 13.4. The number of fused-ring (bicyclic) bond motifs is 3. The number of carbonyl (C=O) groups is 1. The lowest BCUT2D eigenvalue weighted by Crippen LogP contribution is -2.49. The van der Waals surface area contributed by atoms with Crippen LogP contribution in [0.2, 0.25) is 0 Å². The molecule has 31 heavy (non-hydrogen) atoms. The summed E-state index contributed by atoms with van der Waals surface area (Å²) in [7, 11) is 0. The fraction of sp³-hybridized carbons (Fsp3) is 0.522. The molecule has 0 radical (unpaired) electrons. The van der Waals surface area contributed by atoms with E-state index in [0.717, 1.165) is 25.3 Å². The molecular formula is C23H27F3N2O3. The minimum absolute atomic E-state index is 0.0327. The molecule has 0 saturated carbocycles. The fourth-order valence-corrected chi connectivity index (χ4v) is 4.81. The van der Waals surface area contributed by atoms with E-state index in [0.29, 0.717) is 17.8 Å². The van der Waals surface area contributed by atoms with E-state index >= 15 is 0 Å². The normalized spacial score (nSPS) is 30.8. The van der Waals surface area contributed by atoms with E-state index < -0.39 is 29.9 Å². The highest BCUT2D eigenvalue weighted by Gasteiger charge is 2.45. The van der Waals surface area contributed by atoms with Crippen LogP contribution in [-0.2, 0) is 15.7 Å². The molecule has 168 valence electrons. The molecule has 1 aliphatic carbocycles. The van der Waals surface area contributed by atoms with Crippen LogP contribution >= 0.6 is 0 Å². The number of allylic oxidation sites excluding steroid dienone is 3. The molecule has 6 atom stereocenters. The standard InChI is InChI=1S/C23H27F3N2O3/c1-13(22(29)30)27-12-16-8-9-17-20(14-5-3-2-4-6-14)28-19-10-7-15(23(24,25)26)11-18(19)21(17)31-16/h2-5,7,10-11,13-14,16-17,20-21,27-28H,6,8-9,12H2,1H3,(H,29,30)/t13?,14?,16-,17+,20+,21+/m1/s1. The van der Waals surface area contributed by atoms with E-state index in [1.807, 2.05) is 12.2 Å². The number of hydrogen-bond donors (Lipinski definition) is 3. The Labute approximate surface area is 179 Å². The number of hydrogen-bond acceptors (Lipinski definition) is 4. The van der Waals surface area contributed by atoms with E-state index in [-0.39, 0.29) is 24.0 Å². The van der Waals surface area contributed by atoms with Gasteiger partial charge in [0.05, 0.1) is 17.8 Å². The van der Waals surface area contributed by atoms with Crippen molar-refractivity contribution in [3.05, 3.63) is 53.6 Å². The summed E-state index contributed by atoms with van der Waals surface area (Å²) in [4.78, 5) is 11.1. The Hall–Kier alpha value is -2.32. The number of aliphatic carboxylic acids is 1. The molecule has 0 amide bonds. The largest absolute Gasteiger partial charge is 0.480 e. The van der Waals surface area contributed by atoms with Gasteiger partial charge in [0.1, 0.15) is 6.04 Å². The van der Waals surface area contributed by atoms with Gasteiger partial charge in [-0.1, -0.05) is 24.3 Å². The lowest BCUT2D eigenvalue weighted by atomic mass is 9.73. The summed E-state index contributed by atoms with van der Waals surface area (Å²) < 4.78 is 46.4. The number of nitrogens with one attached hydrogen (secondary N) is 2. The van der Waals surface area contributed by atoms with E-state index in [2.05, 4.69) is 22.8 Å². The maximum absolute atomic E-state index is 13.4. The number of ether oxygens (including phenoxy) is 1. The van der Waals surface area contributed by atoms with Crippen LogP contribution in [0.1, 0.15) is 43.4 Å². The van der Waals surface area contributed by atoms with Gasteiger partial charge in [-0.2, -0.15) is 13.2 Å². The van der Waals surface area contributed by atoms with Crippen LogP contribution in [0.3, 0.4) is 0 Å². The summed E-state index contributed by atoms with van der Waals surface area (Å²) in [6, 6.07) is 3.15. The maximum Gasteiger partial charge on any atom is 0.416 e. The predicted molar refractivity (Wildman–Crippen MR) is 111 cm³/mol. The van der Waals surface area contributed by atoms with Gasteiger partial charge >= 0.3 is 12.1 Å². The van der Waals surface area contributed by atoms with Crippen molar-refractivity contribution in [3.63, 3.8) is 0 Å². The third-order valence-corrected chi connectivity index (χ3v) is 6.52. The molecule has 1 saturated heterocycles. The van der Waals surface area contributed by atoms with Gasteiger partial charge in [-0.25, -0.2) is 0 Å². The zero-order valence-electron chi connectivity index (χ0n) is 17.2. The van der Waals surface area contributed by atoms with E-state index in [9.17, 15) is 18.0 Å². The van der Waals surface area contributed by atoms with Crippen molar-refractivity contribution in [3.8, 4) is 0 Å². The lowest BCUT2D eigenvalue weighted by Gasteiger charge is -2.48. The van der Waals surface area contributed by atoms with Crippen LogP contribution in [0.5, 0.6) is 0 Å². The molecule has 0 spiro atoms.